The highest BCUT2D eigenvalue weighted by Crippen LogP contribution is 2.27. The zero-order chi connectivity index (χ0) is 18.0. The first kappa shape index (κ1) is 22.3. The van der Waals surface area contributed by atoms with Crippen LogP contribution in [0.5, 0.6) is 0 Å². The van der Waals surface area contributed by atoms with Crippen molar-refractivity contribution < 1.29 is 0 Å². The predicted molar refractivity (Wildman–Crippen MR) is 114 cm³/mol. The Hall–Kier alpha value is -0.790. The van der Waals surface area contributed by atoms with Crippen LogP contribution in [0.3, 0.4) is 0 Å². The van der Waals surface area contributed by atoms with Crippen LogP contribution in [-0.4, -0.2) is 12.4 Å². The van der Waals surface area contributed by atoms with E-state index in [4.69, 9.17) is 0 Å². The molecule has 0 aromatic rings. The van der Waals surface area contributed by atoms with Gasteiger partial charge in [0.25, 0.3) is 0 Å². The molecule has 144 valence electrons. The zero-order valence-electron chi connectivity index (χ0n) is 17.1. The first-order valence-corrected chi connectivity index (χ1v) is 11.3. The molecule has 0 saturated carbocycles. The lowest BCUT2D eigenvalue weighted by Gasteiger charge is -2.14. The third-order valence-corrected chi connectivity index (χ3v) is 5.40. The van der Waals surface area contributed by atoms with E-state index in [1.54, 1.807) is 0 Å². The van der Waals surface area contributed by atoms with E-state index in [1.807, 2.05) is 12.4 Å². The number of hydrogen-bond donors (Lipinski definition) is 0. The molecule has 0 aromatic heterocycles. The van der Waals surface area contributed by atoms with Gasteiger partial charge in [0, 0.05) is 0 Å². The average molecular weight is 348 g/mol. The fraction of sp³-hybridized carbons (Fsp3) is 0.870. The highest BCUT2D eigenvalue weighted by Gasteiger charge is 2.21. The predicted octanol–water partition coefficient (Wildman–Crippen LogP) is 7.92. The highest BCUT2D eigenvalue weighted by atomic mass is 15.0. The van der Waals surface area contributed by atoms with E-state index < -0.39 is 0 Å². The Labute approximate surface area is 158 Å². The summed E-state index contributed by atoms with van der Waals surface area (Å²) in [4.78, 5) is 8.68. The number of hydrogen-bond acceptors (Lipinski definition) is 2. The van der Waals surface area contributed by atoms with Crippen LogP contribution in [0.4, 0.5) is 0 Å². The van der Waals surface area contributed by atoms with E-state index in [9.17, 15) is 0 Å². The van der Waals surface area contributed by atoms with Crippen molar-refractivity contribution in [1.29, 1.82) is 0 Å². The minimum atomic E-state index is 0.792. The molecule has 0 amide bonds. The third-order valence-electron chi connectivity index (χ3n) is 5.40. The molecule has 2 heteroatoms. The summed E-state index contributed by atoms with van der Waals surface area (Å²) >= 11 is 0. The van der Waals surface area contributed by atoms with Gasteiger partial charge in [0.2, 0.25) is 6.17 Å². The summed E-state index contributed by atoms with van der Waals surface area (Å²) in [6.45, 7) is 4.59. The van der Waals surface area contributed by atoms with Crippen LogP contribution < -0.4 is 0 Å². The van der Waals surface area contributed by atoms with Crippen LogP contribution in [0.2, 0.25) is 0 Å². The van der Waals surface area contributed by atoms with E-state index in [-0.39, 0.29) is 0 Å². The van der Waals surface area contributed by atoms with Crippen LogP contribution in [0.1, 0.15) is 123 Å². The monoisotopic (exact) mass is 347 g/mol. The number of nitrogens with zero attached hydrogens (tertiary/aromatic N) is 2. The van der Waals surface area contributed by atoms with Crippen molar-refractivity contribution >= 4 is 12.4 Å². The minimum absolute atomic E-state index is 0.792. The Morgan fingerprint density at radius 1 is 0.600 bits per heavy atom. The van der Waals surface area contributed by atoms with E-state index in [1.165, 1.54) is 103 Å². The topological polar surface area (TPSA) is 24.7 Å². The van der Waals surface area contributed by atoms with Gasteiger partial charge in [-0.15, -0.1) is 0 Å². The molecule has 0 fully saturated rings. The molecule has 1 rings (SSSR count). The van der Waals surface area contributed by atoms with Gasteiger partial charge >= 0.3 is 0 Å². The van der Waals surface area contributed by atoms with Gasteiger partial charge in [0.05, 0.1) is 6.42 Å². The maximum atomic E-state index is 4.34. The number of aliphatic imine (C=N–C) groups is 2. The van der Waals surface area contributed by atoms with Crippen LogP contribution in [0.25, 0.3) is 0 Å². The molecule has 0 radical (unpaired) electrons. The lowest BCUT2D eigenvalue weighted by molar-refractivity contribution is 0.398. The molecule has 1 atom stereocenters. The molecule has 1 aliphatic rings. The van der Waals surface area contributed by atoms with Crippen molar-refractivity contribution in [3.05, 3.63) is 6.17 Å². The summed E-state index contributed by atoms with van der Waals surface area (Å²) in [5, 5.41) is 0. The second kappa shape index (κ2) is 16.7. The summed E-state index contributed by atoms with van der Waals surface area (Å²) < 4.78 is 0. The van der Waals surface area contributed by atoms with Gasteiger partial charge in [-0.2, -0.15) is 0 Å². The highest BCUT2D eigenvalue weighted by molar-refractivity contribution is 6.18. The zero-order valence-corrected chi connectivity index (χ0v) is 17.1. The van der Waals surface area contributed by atoms with E-state index in [0.29, 0.717) is 0 Å². The van der Waals surface area contributed by atoms with Crippen LogP contribution in [-0.2, 0) is 0 Å². The molecule has 0 N–H and O–H groups in total. The average Bonchev–Trinajstić information content (AvgIpc) is 3.12. The van der Waals surface area contributed by atoms with Gasteiger partial charge in [0.15, 0.2) is 12.4 Å². The summed E-state index contributed by atoms with van der Waals surface area (Å²) in [6.07, 6.45) is 28.4. The lowest BCUT2D eigenvalue weighted by atomic mass is 9.92. The second-order valence-corrected chi connectivity index (χ2v) is 7.86. The van der Waals surface area contributed by atoms with Gasteiger partial charge in [-0.1, -0.05) is 114 Å². The molecule has 0 aliphatic carbocycles. The largest absolute Gasteiger partial charge is 0.240 e. The van der Waals surface area contributed by atoms with Crippen molar-refractivity contribution in [2.45, 2.75) is 123 Å². The lowest BCUT2D eigenvalue weighted by Crippen LogP contribution is -2.04. The Kier molecular flexibility index (Phi) is 14.8. The SMILES string of the molecule is CCCCCCCCCCCCCCCC(CCC)C[C+]1N=CC=N1. The Morgan fingerprint density at radius 3 is 1.56 bits per heavy atom. The van der Waals surface area contributed by atoms with E-state index in [0.717, 1.165) is 18.5 Å². The smallest absolute Gasteiger partial charge is 0.0968 e. The first-order chi connectivity index (χ1) is 12.4. The van der Waals surface area contributed by atoms with Crippen molar-refractivity contribution in [2.24, 2.45) is 15.9 Å². The molecule has 2 nitrogen and oxygen atoms in total. The van der Waals surface area contributed by atoms with Crippen molar-refractivity contribution in [2.75, 3.05) is 0 Å². The molecule has 25 heavy (non-hydrogen) atoms. The molecule has 1 heterocycles. The minimum Gasteiger partial charge on any atom is -0.0968 e. The number of unbranched alkanes of at least 4 members (excludes halogenated alkanes) is 12. The van der Waals surface area contributed by atoms with Crippen molar-refractivity contribution in [3.63, 3.8) is 0 Å². The van der Waals surface area contributed by atoms with Gasteiger partial charge in [-0.05, 0) is 18.8 Å². The maximum absolute atomic E-state index is 4.34. The molecule has 0 bridgehead atoms. The Bertz CT molecular complexity index is 323. The van der Waals surface area contributed by atoms with E-state index >= 15 is 0 Å². The molecule has 0 saturated heterocycles. The van der Waals surface area contributed by atoms with Gasteiger partial charge in [-0.3, -0.25) is 0 Å². The van der Waals surface area contributed by atoms with Crippen LogP contribution >= 0.6 is 0 Å². The molecular formula is C23H43N2+. The fourth-order valence-corrected chi connectivity index (χ4v) is 3.84. The summed E-state index contributed by atoms with van der Waals surface area (Å²) in [7, 11) is 0. The Balaban J connectivity index is 1.86. The third kappa shape index (κ3) is 13.1. The summed E-state index contributed by atoms with van der Waals surface area (Å²) in [5.41, 5.74) is 0. The standard InChI is InChI=1S/C23H43N2/c1-3-5-6-7-8-9-10-11-12-13-14-15-16-18-22(17-4-2)21-23-24-19-20-25-23/h19-20,22H,3-18,21H2,1-2H3/q+1. The van der Waals surface area contributed by atoms with Gasteiger partial charge in [-0.25, -0.2) is 0 Å². The van der Waals surface area contributed by atoms with Gasteiger partial charge in [0.1, 0.15) is 0 Å². The summed E-state index contributed by atoms with van der Waals surface area (Å²) in [5.74, 6) is 0.792. The van der Waals surface area contributed by atoms with Gasteiger partial charge < -0.3 is 0 Å². The molecule has 1 aliphatic heterocycles. The quantitative estimate of drug-likeness (QED) is 0.178. The maximum Gasteiger partial charge on any atom is 0.240 e. The van der Waals surface area contributed by atoms with Crippen LogP contribution in [0, 0.1) is 12.1 Å². The van der Waals surface area contributed by atoms with Crippen LogP contribution in [0.15, 0.2) is 9.98 Å². The Morgan fingerprint density at radius 2 is 1.08 bits per heavy atom. The fourth-order valence-electron chi connectivity index (χ4n) is 3.84. The molecule has 1 unspecified atom stereocenters. The number of rotatable bonds is 18. The normalized spacial score (nSPS) is 14.6. The first-order valence-electron chi connectivity index (χ1n) is 11.3. The molecular weight excluding hydrogens is 304 g/mol. The second-order valence-electron chi connectivity index (χ2n) is 7.86. The molecule has 0 aromatic carbocycles. The molecule has 0 spiro atoms. The summed E-state index contributed by atoms with van der Waals surface area (Å²) in [6, 6.07) is 0. The van der Waals surface area contributed by atoms with Crippen molar-refractivity contribution in [1.82, 2.24) is 0 Å². The van der Waals surface area contributed by atoms with E-state index in [2.05, 4.69) is 23.8 Å². The van der Waals surface area contributed by atoms with Crippen molar-refractivity contribution in [3.8, 4) is 0 Å².